The molecule has 1 aromatic heterocycles. The van der Waals surface area contributed by atoms with Crippen LogP contribution in [0.4, 0.5) is 5.82 Å². The van der Waals surface area contributed by atoms with Crippen molar-refractivity contribution in [2.45, 2.75) is 39.3 Å². The second kappa shape index (κ2) is 10.9. The Hall–Kier alpha value is -2.22. The normalized spacial score (nSPS) is 14.3. The van der Waals surface area contributed by atoms with Crippen LogP contribution in [0.25, 0.3) is 0 Å². The Kier molecular flexibility index (Phi) is 8.23. The fourth-order valence-corrected chi connectivity index (χ4v) is 4.13. The number of benzene rings is 1. The molecule has 0 amide bonds. The van der Waals surface area contributed by atoms with E-state index >= 15 is 0 Å². The van der Waals surface area contributed by atoms with E-state index in [-0.39, 0.29) is 16.8 Å². The Labute approximate surface area is 192 Å². The topological polar surface area (TPSA) is 83.9 Å². The number of ether oxygens (including phenoxy) is 2. The van der Waals surface area contributed by atoms with Gasteiger partial charge in [0.25, 0.3) is 0 Å². The van der Waals surface area contributed by atoms with Gasteiger partial charge in [0, 0.05) is 12.6 Å². The number of piperidine rings is 1. The molecule has 1 aliphatic rings. The molecule has 1 aromatic carbocycles. The summed E-state index contributed by atoms with van der Waals surface area (Å²) in [5.41, 5.74) is 1.03. The number of carboxylic acid groups (broad SMARTS) is 1. The highest BCUT2D eigenvalue weighted by Gasteiger charge is 2.25. The predicted octanol–water partition coefficient (Wildman–Crippen LogP) is 4.64. The van der Waals surface area contributed by atoms with Crippen LogP contribution in [0.5, 0.6) is 11.5 Å². The monoisotopic (exact) mass is 467 g/mol. The number of halogens is 2. The summed E-state index contributed by atoms with van der Waals surface area (Å²) in [7, 11) is 0. The molecule has 3 rings (SSSR count). The molecule has 31 heavy (non-hydrogen) atoms. The summed E-state index contributed by atoms with van der Waals surface area (Å²) in [6.45, 7) is 6.98. The van der Waals surface area contributed by atoms with Crippen molar-refractivity contribution < 1.29 is 19.4 Å². The minimum Gasteiger partial charge on any atom is -0.492 e. The van der Waals surface area contributed by atoms with E-state index in [9.17, 15) is 9.90 Å². The van der Waals surface area contributed by atoms with Gasteiger partial charge in [-0.3, -0.25) is 0 Å². The predicted molar refractivity (Wildman–Crippen MR) is 122 cm³/mol. The molecule has 2 heterocycles. The summed E-state index contributed by atoms with van der Waals surface area (Å²) in [5.74, 6) is 0.601. The standard InChI is InChI=1S/C22H27Cl2N3O4/c1-3-30-17-9-14(10-18(21(17)24)31-4-2)13-27(16-5-7-25-8-6-16)20-12-15(22(28)29)11-19(23)26-20/h9-12,16,25H,3-8,13H2,1-2H3,(H,28,29). The van der Waals surface area contributed by atoms with Crippen molar-refractivity contribution in [2.24, 2.45) is 0 Å². The maximum absolute atomic E-state index is 11.6. The molecular formula is C22H27Cl2N3O4. The molecule has 1 fully saturated rings. The maximum Gasteiger partial charge on any atom is 0.335 e. The van der Waals surface area contributed by atoms with Crippen LogP contribution in [-0.4, -0.2) is 48.4 Å². The molecule has 0 atom stereocenters. The minimum absolute atomic E-state index is 0.107. The lowest BCUT2D eigenvalue weighted by atomic mass is 10.0. The Morgan fingerprint density at radius 1 is 1.13 bits per heavy atom. The molecule has 0 radical (unpaired) electrons. The first kappa shape index (κ1) is 23.4. The van der Waals surface area contributed by atoms with Gasteiger partial charge in [-0.25, -0.2) is 9.78 Å². The summed E-state index contributed by atoms with van der Waals surface area (Å²) in [6.07, 6.45) is 1.81. The molecule has 2 aromatic rings. The number of pyridine rings is 1. The van der Waals surface area contributed by atoms with Crippen LogP contribution in [0.2, 0.25) is 10.2 Å². The second-order valence-electron chi connectivity index (χ2n) is 7.22. The van der Waals surface area contributed by atoms with Crippen LogP contribution in [0.1, 0.15) is 42.6 Å². The van der Waals surface area contributed by atoms with Crippen LogP contribution in [0.3, 0.4) is 0 Å². The highest BCUT2D eigenvalue weighted by atomic mass is 35.5. The van der Waals surface area contributed by atoms with E-state index in [1.54, 1.807) is 6.07 Å². The Balaban J connectivity index is 2.02. The zero-order chi connectivity index (χ0) is 22.4. The van der Waals surface area contributed by atoms with Crippen molar-refractivity contribution in [1.29, 1.82) is 0 Å². The van der Waals surface area contributed by atoms with Gasteiger partial charge in [-0.2, -0.15) is 0 Å². The zero-order valence-electron chi connectivity index (χ0n) is 17.7. The molecule has 0 spiro atoms. The van der Waals surface area contributed by atoms with Crippen molar-refractivity contribution >= 4 is 35.0 Å². The lowest BCUT2D eigenvalue weighted by Crippen LogP contribution is -2.43. The van der Waals surface area contributed by atoms with Gasteiger partial charge >= 0.3 is 5.97 Å². The number of anilines is 1. The molecule has 168 valence electrons. The third-order valence-electron chi connectivity index (χ3n) is 5.09. The zero-order valence-corrected chi connectivity index (χ0v) is 19.2. The number of hydrogen-bond acceptors (Lipinski definition) is 6. The van der Waals surface area contributed by atoms with Crippen molar-refractivity contribution in [3.05, 3.63) is 45.6 Å². The van der Waals surface area contributed by atoms with Gasteiger partial charge in [-0.05, 0) is 69.6 Å². The van der Waals surface area contributed by atoms with E-state index < -0.39 is 5.97 Å². The fraction of sp³-hybridized carbons (Fsp3) is 0.455. The number of aromatic nitrogens is 1. The average molecular weight is 468 g/mol. The first-order valence-corrected chi connectivity index (χ1v) is 11.1. The minimum atomic E-state index is -1.04. The van der Waals surface area contributed by atoms with Gasteiger partial charge in [0.1, 0.15) is 27.5 Å². The van der Waals surface area contributed by atoms with Crippen LogP contribution in [0.15, 0.2) is 24.3 Å². The molecule has 9 heteroatoms. The van der Waals surface area contributed by atoms with Gasteiger partial charge in [-0.1, -0.05) is 23.2 Å². The Morgan fingerprint density at radius 3 is 2.29 bits per heavy atom. The smallest absolute Gasteiger partial charge is 0.335 e. The summed E-state index contributed by atoms with van der Waals surface area (Å²) < 4.78 is 11.4. The molecule has 0 unspecified atom stereocenters. The van der Waals surface area contributed by atoms with Crippen LogP contribution in [0, 0.1) is 0 Å². The molecular weight excluding hydrogens is 441 g/mol. The van der Waals surface area contributed by atoms with Crippen LogP contribution in [-0.2, 0) is 6.54 Å². The molecule has 0 bridgehead atoms. The largest absolute Gasteiger partial charge is 0.492 e. The van der Waals surface area contributed by atoms with Crippen molar-refractivity contribution in [3.8, 4) is 11.5 Å². The number of aromatic carboxylic acids is 1. The Morgan fingerprint density at radius 2 is 1.74 bits per heavy atom. The second-order valence-corrected chi connectivity index (χ2v) is 7.99. The van der Waals surface area contributed by atoms with E-state index in [1.807, 2.05) is 26.0 Å². The summed E-state index contributed by atoms with van der Waals surface area (Å²) in [6, 6.07) is 6.89. The van der Waals surface area contributed by atoms with E-state index in [1.165, 1.54) is 6.07 Å². The summed E-state index contributed by atoms with van der Waals surface area (Å²) in [5, 5.41) is 13.4. The van der Waals surface area contributed by atoms with E-state index in [2.05, 4.69) is 15.2 Å². The average Bonchev–Trinajstić information content (AvgIpc) is 2.75. The maximum atomic E-state index is 11.6. The molecule has 0 aliphatic carbocycles. The Bertz CT molecular complexity index is 893. The first-order valence-electron chi connectivity index (χ1n) is 10.4. The van der Waals surface area contributed by atoms with Gasteiger partial charge in [0.2, 0.25) is 0 Å². The van der Waals surface area contributed by atoms with Crippen LogP contribution >= 0.6 is 23.2 Å². The first-order chi connectivity index (χ1) is 14.9. The van der Waals surface area contributed by atoms with Gasteiger partial charge < -0.3 is 24.8 Å². The molecule has 1 saturated heterocycles. The highest BCUT2D eigenvalue weighted by Crippen LogP contribution is 2.37. The number of rotatable bonds is 9. The highest BCUT2D eigenvalue weighted by molar-refractivity contribution is 6.33. The third-order valence-corrected chi connectivity index (χ3v) is 5.66. The number of carbonyl (C=O) groups is 1. The van der Waals surface area contributed by atoms with Crippen LogP contribution < -0.4 is 19.7 Å². The molecule has 7 nitrogen and oxygen atoms in total. The van der Waals surface area contributed by atoms with E-state index in [4.69, 9.17) is 32.7 Å². The quantitative estimate of drug-likeness (QED) is 0.519. The molecule has 1 aliphatic heterocycles. The SMILES string of the molecule is CCOc1cc(CN(c2cc(C(=O)O)cc(Cl)n2)C2CCNCC2)cc(OCC)c1Cl. The van der Waals surface area contributed by atoms with Crippen molar-refractivity contribution in [1.82, 2.24) is 10.3 Å². The summed E-state index contributed by atoms with van der Waals surface area (Å²) >= 11 is 12.6. The number of hydrogen-bond donors (Lipinski definition) is 2. The van der Waals surface area contributed by atoms with E-state index in [0.717, 1.165) is 31.5 Å². The van der Waals surface area contributed by atoms with Gasteiger partial charge in [0.15, 0.2) is 0 Å². The van der Waals surface area contributed by atoms with Gasteiger partial charge in [0.05, 0.1) is 18.8 Å². The van der Waals surface area contributed by atoms with Gasteiger partial charge in [-0.15, -0.1) is 0 Å². The molecule has 0 saturated carbocycles. The molecule has 2 N–H and O–H groups in total. The number of nitrogens with one attached hydrogen (secondary N) is 1. The lowest BCUT2D eigenvalue weighted by molar-refractivity contribution is 0.0696. The number of carboxylic acids is 1. The number of nitrogens with zero attached hydrogens (tertiary/aromatic N) is 2. The third kappa shape index (κ3) is 5.93. The lowest BCUT2D eigenvalue weighted by Gasteiger charge is -2.36. The van der Waals surface area contributed by atoms with E-state index in [0.29, 0.717) is 42.1 Å². The summed E-state index contributed by atoms with van der Waals surface area (Å²) in [4.78, 5) is 18.1. The van der Waals surface area contributed by atoms with Crippen molar-refractivity contribution in [2.75, 3.05) is 31.2 Å². The fourth-order valence-electron chi connectivity index (χ4n) is 3.70. The van der Waals surface area contributed by atoms with Crippen molar-refractivity contribution in [3.63, 3.8) is 0 Å².